The van der Waals surface area contributed by atoms with Gasteiger partial charge in [0, 0.05) is 4.47 Å². The van der Waals surface area contributed by atoms with E-state index in [1.165, 1.54) is 0 Å². The lowest BCUT2D eigenvalue weighted by Crippen LogP contribution is -2.09. The first kappa shape index (κ1) is 13.7. The first-order valence-corrected chi connectivity index (χ1v) is 6.73. The monoisotopic (exact) mass is 322 g/mol. The maximum absolute atomic E-state index is 5.62. The highest BCUT2D eigenvalue weighted by atomic mass is 79.9. The molecule has 3 nitrogen and oxygen atoms in total. The molecule has 2 rings (SSSR count). The van der Waals surface area contributed by atoms with Crippen LogP contribution in [0.3, 0.4) is 0 Å². The largest absolute Gasteiger partial charge is 0.493 e. The van der Waals surface area contributed by atoms with E-state index in [1.807, 2.05) is 48.5 Å². The zero-order valence-electron chi connectivity index (χ0n) is 10.6. The van der Waals surface area contributed by atoms with Crippen LogP contribution in [0.2, 0.25) is 0 Å². The van der Waals surface area contributed by atoms with Crippen LogP contribution < -0.4 is 14.2 Å². The Balaban J connectivity index is 1.81. The molecule has 0 bridgehead atoms. The molecule has 0 radical (unpaired) electrons. The molecule has 0 fully saturated rings. The lowest BCUT2D eigenvalue weighted by molar-refractivity contribution is 0.211. The van der Waals surface area contributed by atoms with Gasteiger partial charge in [0.05, 0.1) is 7.11 Å². The van der Waals surface area contributed by atoms with E-state index in [0.29, 0.717) is 13.2 Å². The van der Waals surface area contributed by atoms with E-state index in [2.05, 4.69) is 15.9 Å². The van der Waals surface area contributed by atoms with E-state index in [4.69, 9.17) is 14.2 Å². The van der Waals surface area contributed by atoms with Crippen LogP contribution in [-0.2, 0) is 0 Å². The van der Waals surface area contributed by atoms with E-state index < -0.39 is 0 Å². The van der Waals surface area contributed by atoms with Gasteiger partial charge in [-0.3, -0.25) is 0 Å². The summed E-state index contributed by atoms with van der Waals surface area (Å²) in [4.78, 5) is 0. The van der Waals surface area contributed by atoms with E-state index in [-0.39, 0.29) is 0 Å². The maximum Gasteiger partial charge on any atom is 0.161 e. The molecular formula is C15H15BrO3. The van der Waals surface area contributed by atoms with Gasteiger partial charge in [-0.1, -0.05) is 34.1 Å². The molecule has 0 unspecified atom stereocenters. The normalized spacial score (nSPS) is 10.0. The van der Waals surface area contributed by atoms with Crippen LogP contribution in [0.1, 0.15) is 0 Å². The number of benzene rings is 2. The lowest BCUT2D eigenvalue weighted by Gasteiger charge is -2.11. The molecule has 0 aliphatic carbocycles. The number of halogens is 1. The Bertz CT molecular complexity index is 528. The summed E-state index contributed by atoms with van der Waals surface area (Å²) in [6.07, 6.45) is 0. The third-order valence-corrected chi connectivity index (χ3v) is 2.97. The molecule has 2 aromatic carbocycles. The van der Waals surface area contributed by atoms with Crippen molar-refractivity contribution < 1.29 is 14.2 Å². The van der Waals surface area contributed by atoms with E-state index in [1.54, 1.807) is 7.11 Å². The summed E-state index contributed by atoms with van der Waals surface area (Å²) in [7, 11) is 1.63. The summed E-state index contributed by atoms with van der Waals surface area (Å²) in [6.45, 7) is 0.946. The van der Waals surface area contributed by atoms with Gasteiger partial charge in [-0.25, -0.2) is 0 Å². The summed E-state index contributed by atoms with van der Waals surface area (Å²) in [5.41, 5.74) is 0. The molecule has 0 heterocycles. The minimum atomic E-state index is 0.465. The zero-order chi connectivity index (χ0) is 13.5. The van der Waals surface area contributed by atoms with Crippen molar-refractivity contribution in [1.82, 2.24) is 0 Å². The van der Waals surface area contributed by atoms with Gasteiger partial charge in [-0.2, -0.15) is 0 Å². The summed E-state index contributed by atoms with van der Waals surface area (Å²) in [5, 5.41) is 0. The van der Waals surface area contributed by atoms with Gasteiger partial charge >= 0.3 is 0 Å². The Kier molecular flexibility index (Phi) is 5.10. The fraction of sp³-hybridized carbons (Fsp3) is 0.200. The van der Waals surface area contributed by atoms with Crippen molar-refractivity contribution in [2.45, 2.75) is 0 Å². The van der Waals surface area contributed by atoms with E-state index in [9.17, 15) is 0 Å². The minimum absolute atomic E-state index is 0.465. The third kappa shape index (κ3) is 4.17. The SMILES string of the molecule is COc1ccccc1OCCOc1cccc(Br)c1. The predicted molar refractivity (Wildman–Crippen MR) is 78.1 cm³/mol. The molecule has 0 aliphatic rings. The number of methoxy groups -OCH3 is 1. The zero-order valence-corrected chi connectivity index (χ0v) is 12.2. The van der Waals surface area contributed by atoms with Gasteiger partial charge in [-0.05, 0) is 30.3 Å². The molecule has 4 heteroatoms. The Morgan fingerprint density at radius 1 is 0.895 bits per heavy atom. The molecule has 0 N–H and O–H groups in total. The summed E-state index contributed by atoms with van der Waals surface area (Å²) in [6, 6.07) is 15.3. The Labute approximate surface area is 121 Å². The summed E-state index contributed by atoms with van der Waals surface area (Å²) >= 11 is 3.40. The standard InChI is InChI=1S/C15H15BrO3/c1-17-14-7-2-3-8-15(14)19-10-9-18-13-6-4-5-12(16)11-13/h2-8,11H,9-10H2,1H3. The van der Waals surface area contributed by atoms with Crippen LogP contribution in [0.4, 0.5) is 0 Å². The highest BCUT2D eigenvalue weighted by Gasteiger charge is 2.02. The van der Waals surface area contributed by atoms with Crippen LogP contribution in [-0.4, -0.2) is 20.3 Å². The summed E-state index contributed by atoms with van der Waals surface area (Å²) in [5.74, 6) is 2.27. The second-order valence-corrected chi connectivity index (χ2v) is 4.72. The number of hydrogen-bond donors (Lipinski definition) is 0. The third-order valence-electron chi connectivity index (χ3n) is 2.47. The van der Waals surface area contributed by atoms with Crippen LogP contribution in [0.5, 0.6) is 17.2 Å². The number of hydrogen-bond acceptors (Lipinski definition) is 3. The van der Waals surface area contributed by atoms with Gasteiger partial charge < -0.3 is 14.2 Å². The van der Waals surface area contributed by atoms with E-state index >= 15 is 0 Å². The molecule has 0 atom stereocenters. The maximum atomic E-state index is 5.62. The molecular weight excluding hydrogens is 308 g/mol. The Morgan fingerprint density at radius 2 is 1.63 bits per heavy atom. The van der Waals surface area contributed by atoms with Crippen LogP contribution in [0.25, 0.3) is 0 Å². The Hall–Kier alpha value is -1.68. The van der Waals surface area contributed by atoms with Crippen molar-refractivity contribution >= 4 is 15.9 Å². The molecule has 0 saturated carbocycles. The minimum Gasteiger partial charge on any atom is -0.493 e. The predicted octanol–water partition coefficient (Wildman–Crippen LogP) is 3.92. The molecule has 0 saturated heterocycles. The molecule has 0 amide bonds. The van der Waals surface area contributed by atoms with Crippen molar-refractivity contribution in [3.63, 3.8) is 0 Å². The molecule has 0 aromatic heterocycles. The van der Waals surface area contributed by atoms with Crippen molar-refractivity contribution in [2.75, 3.05) is 20.3 Å². The van der Waals surface area contributed by atoms with Crippen LogP contribution in [0, 0.1) is 0 Å². The van der Waals surface area contributed by atoms with Crippen LogP contribution in [0.15, 0.2) is 53.0 Å². The van der Waals surface area contributed by atoms with Crippen molar-refractivity contribution in [2.24, 2.45) is 0 Å². The first-order valence-electron chi connectivity index (χ1n) is 5.94. The fourth-order valence-corrected chi connectivity index (χ4v) is 1.98. The molecule has 0 spiro atoms. The molecule has 2 aromatic rings. The average molecular weight is 323 g/mol. The molecule has 0 aliphatic heterocycles. The summed E-state index contributed by atoms with van der Waals surface area (Å²) < 4.78 is 17.4. The number of rotatable bonds is 6. The van der Waals surface area contributed by atoms with Gasteiger partial charge in [0.15, 0.2) is 11.5 Å². The van der Waals surface area contributed by atoms with Gasteiger partial charge in [0.1, 0.15) is 19.0 Å². The Morgan fingerprint density at radius 3 is 2.37 bits per heavy atom. The van der Waals surface area contributed by atoms with Gasteiger partial charge in [0.2, 0.25) is 0 Å². The smallest absolute Gasteiger partial charge is 0.161 e. The van der Waals surface area contributed by atoms with Crippen molar-refractivity contribution in [3.8, 4) is 17.2 Å². The van der Waals surface area contributed by atoms with E-state index in [0.717, 1.165) is 21.7 Å². The fourth-order valence-electron chi connectivity index (χ4n) is 1.61. The number of ether oxygens (including phenoxy) is 3. The number of para-hydroxylation sites is 2. The average Bonchev–Trinajstić information content (AvgIpc) is 2.44. The quantitative estimate of drug-likeness (QED) is 0.754. The van der Waals surface area contributed by atoms with Gasteiger partial charge in [0.25, 0.3) is 0 Å². The highest BCUT2D eigenvalue weighted by Crippen LogP contribution is 2.25. The first-order chi connectivity index (χ1) is 9.29. The second-order valence-electron chi connectivity index (χ2n) is 3.81. The molecule has 19 heavy (non-hydrogen) atoms. The van der Waals surface area contributed by atoms with Crippen LogP contribution >= 0.6 is 15.9 Å². The highest BCUT2D eigenvalue weighted by molar-refractivity contribution is 9.10. The second kappa shape index (κ2) is 7.04. The van der Waals surface area contributed by atoms with Gasteiger partial charge in [-0.15, -0.1) is 0 Å². The topological polar surface area (TPSA) is 27.7 Å². The molecule has 100 valence electrons. The van der Waals surface area contributed by atoms with Crippen molar-refractivity contribution in [3.05, 3.63) is 53.0 Å². The lowest BCUT2D eigenvalue weighted by atomic mass is 10.3. The van der Waals surface area contributed by atoms with Crippen molar-refractivity contribution in [1.29, 1.82) is 0 Å².